The van der Waals surface area contributed by atoms with Gasteiger partial charge < -0.3 is 10.1 Å². The highest BCUT2D eigenvalue weighted by molar-refractivity contribution is 5.36. The molecule has 2 aromatic rings. The molecule has 0 bridgehead atoms. The molecule has 0 aromatic carbocycles. The molecule has 0 atom stereocenters. The minimum absolute atomic E-state index is 0.541. The highest BCUT2D eigenvalue weighted by atomic mass is 16.5. The van der Waals surface area contributed by atoms with Gasteiger partial charge in [0.2, 0.25) is 0 Å². The van der Waals surface area contributed by atoms with Gasteiger partial charge in [0.25, 0.3) is 0 Å². The zero-order chi connectivity index (χ0) is 11.5. The summed E-state index contributed by atoms with van der Waals surface area (Å²) in [6.07, 6.45) is 4.16. The average molecular weight is 232 g/mol. The van der Waals surface area contributed by atoms with Crippen LogP contribution in [-0.2, 0) is 11.3 Å². The molecule has 2 aromatic heterocycles. The number of aromatic nitrogens is 3. The molecular formula is C12H16N4O. The largest absolute Gasteiger partial charge is 0.381 e. The lowest BCUT2D eigenvalue weighted by Crippen LogP contribution is -2.34. The number of hydrogen-bond donors (Lipinski definition) is 1. The molecule has 1 aliphatic rings. The van der Waals surface area contributed by atoms with E-state index < -0.39 is 0 Å². The monoisotopic (exact) mass is 232 g/mol. The Hall–Kier alpha value is -1.46. The van der Waals surface area contributed by atoms with Gasteiger partial charge in [0, 0.05) is 25.5 Å². The maximum absolute atomic E-state index is 5.33. The number of nitrogens with one attached hydrogen (secondary N) is 1. The van der Waals surface area contributed by atoms with E-state index in [1.165, 1.54) is 0 Å². The smallest absolute Gasteiger partial charge is 0.160 e. The minimum atomic E-state index is 0.541. The third-order valence-electron chi connectivity index (χ3n) is 3.15. The van der Waals surface area contributed by atoms with E-state index in [0.29, 0.717) is 6.04 Å². The number of rotatable bonds is 3. The third kappa shape index (κ3) is 2.30. The zero-order valence-electron chi connectivity index (χ0n) is 9.67. The van der Waals surface area contributed by atoms with Gasteiger partial charge in [-0.05, 0) is 25.0 Å². The van der Waals surface area contributed by atoms with E-state index in [-0.39, 0.29) is 0 Å². The van der Waals surface area contributed by atoms with Crippen molar-refractivity contribution in [1.29, 1.82) is 0 Å². The van der Waals surface area contributed by atoms with E-state index in [2.05, 4.69) is 15.5 Å². The number of nitrogens with zero attached hydrogens (tertiary/aromatic N) is 3. The number of fused-ring (bicyclic) bond motifs is 1. The molecule has 0 saturated carbocycles. The van der Waals surface area contributed by atoms with E-state index in [1.54, 1.807) is 0 Å². The maximum Gasteiger partial charge on any atom is 0.160 e. The van der Waals surface area contributed by atoms with E-state index in [9.17, 15) is 0 Å². The van der Waals surface area contributed by atoms with Crippen LogP contribution in [0.25, 0.3) is 5.65 Å². The van der Waals surface area contributed by atoms with Crippen LogP contribution in [0.5, 0.6) is 0 Å². The van der Waals surface area contributed by atoms with Crippen molar-refractivity contribution in [1.82, 2.24) is 19.9 Å². The predicted molar refractivity (Wildman–Crippen MR) is 63.7 cm³/mol. The lowest BCUT2D eigenvalue weighted by Gasteiger charge is -2.22. The molecule has 0 amide bonds. The minimum Gasteiger partial charge on any atom is -0.381 e. The Bertz CT molecular complexity index is 490. The van der Waals surface area contributed by atoms with Gasteiger partial charge in [-0.15, -0.1) is 10.2 Å². The van der Waals surface area contributed by atoms with Crippen LogP contribution in [0.2, 0.25) is 0 Å². The highest BCUT2D eigenvalue weighted by Crippen LogP contribution is 2.08. The van der Waals surface area contributed by atoms with Crippen molar-refractivity contribution in [3.8, 4) is 0 Å². The molecule has 0 unspecified atom stereocenters. The predicted octanol–water partition coefficient (Wildman–Crippen LogP) is 0.998. The Morgan fingerprint density at radius 2 is 2.18 bits per heavy atom. The van der Waals surface area contributed by atoms with Crippen molar-refractivity contribution in [2.45, 2.75) is 25.4 Å². The van der Waals surface area contributed by atoms with Crippen LogP contribution in [0.15, 0.2) is 24.4 Å². The second-order valence-electron chi connectivity index (χ2n) is 4.31. The Balaban J connectivity index is 1.68. The van der Waals surface area contributed by atoms with Gasteiger partial charge in [0.1, 0.15) is 0 Å². The van der Waals surface area contributed by atoms with Crippen molar-refractivity contribution in [3.63, 3.8) is 0 Å². The first-order valence-corrected chi connectivity index (χ1v) is 6.03. The van der Waals surface area contributed by atoms with E-state index >= 15 is 0 Å². The second kappa shape index (κ2) is 4.81. The highest BCUT2D eigenvalue weighted by Gasteiger charge is 2.14. The van der Waals surface area contributed by atoms with Gasteiger partial charge in [0.15, 0.2) is 11.5 Å². The molecule has 0 spiro atoms. The molecule has 0 aliphatic carbocycles. The maximum atomic E-state index is 5.33. The topological polar surface area (TPSA) is 51.5 Å². The molecule has 5 nitrogen and oxygen atoms in total. The van der Waals surface area contributed by atoms with Crippen LogP contribution in [0.3, 0.4) is 0 Å². The fourth-order valence-electron chi connectivity index (χ4n) is 2.15. The molecule has 3 rings (SSSR count). The summed E-state index contributed by atoms with van der Waals surface area (Å²) in [5.41, 5.74) is 0.899. The summed E-state index contributed by atoms with van der Waals surface area (Å²) in [5.74, 6) is 0.965. The Kier molecular flexibility index (Phi) is 3.02. The Morgan fingerprint density at radius 1 is 1.29 bits per heavy atom. The summed E-state index contributed by atoms with van der Waals surface area (Å²) in [4.78, 5) is 0. The van der Waals surface area contributed by atoms with Crippen LogP contribution in [0.4, 0.5) is 0 Å². The molecule has 1 fully saturated rings. The van der Waals surface area contributed by atoms with E-state index in [1.807, 2.05) is 28.8 Å². The zero-order valence-corrected chi connectivity index (χ0v) is 9.67. The third-order valence-corrected chi connectivity index (χ3v) is 3.15. The van der Waals surface area contributed by atoms with Crippen molar-refractivity contribution in [3.05, 3.63) is 30.2 Å². The first-order valence-electron chi connectivity index (χ1n) is 6.03. The van der Waals surface area contributed by atoms with Crippen molar-refractivity contribution in [2.75, 3.05) is 13.2 Å². The molecule has 17 heavy (non-hydrogen) atoms. The standard InChI is InChI=1S/C12H16N4O/c1-2-6-16-11(3-1)14-15-12(16)9-13-10-4-7-17-8-5-10/h1-3,6,10,13H,4-5,7-9H2. The summed E-state index contributed by atoms with van der Waals surface area (Å²) in [7, 11) is 0. The Labute approximate surface area is 99.8 Å². The fourth-order valence-corrected chi connectivity index (χ4v) is 2.15. The molecule has 1 aliphatic heterocycles. The van der Waals surface area contributed by atoms with Crippen LogP contribution in [-0.4, -0.2) is 33.9 Å². The molecule has 1 saturated heterocycles. The summed E-state index contributed by atoms with van der Waals surface area (Å²) in [6.45, 7) is 2.48. The fraction of sp³-hybridized carbons (Fsp3) is 0.500. The van der Waals surface area contributed by atoms with Gasteiger partial charge in [-0.3, -0.25) is 4.40 Å². The number of hydrogen-bond acceptors (Lipinski definition) is 4. The van der Waals surface area contributed by atoms with E-state index in [4.69, 9.17) is 4.74 Å². The van der Waals surface area contributed by atoms with Crippen molar-refractivity contribution < 1.29 is 4.74 Å². The Morgan fingerprint density at radius 3 is 3.06 bits per heavy atom. The van der Waals surface area contributed by atoms with Crippen LogP contribution < -0.4 is 5.32 Å². The first-order chi connectivity index (χ1) is 8.43. The molecule has 90 valence electrons. The van der Waals surface area contributed by atoms with E-state index in [0.717, 1.165) is 44.1 Å². The number of ether oxygens (including phenoxy) is 1. The van der Waals surface area contributed by atoms with Gasteiger partial charge in [-0.2, -0.15) is 0 Å². The van der Waals surface area contributed by atoms with Crippen LogP contribution in [0, 0.1) is 0 Å². The van der Waals surface area contributed by atoms with Crippen molar-refractivity contribution in [2.24, 2.45) is 0 Å². The lowest BCUT2D eigenvalue weighted by atomic mass is 10.1. The lowest BCUT2D eigenvalue weighted by molar-refractivity contribution is 0.0774. The van der Waals surface area contributed by atoms with Gasteiger partial charge in [-0.25, -0.2) is 0 Å². The van der Waals surface area contributed by atoms with Gasteiger partial charge in [0.05, 0.1) is 6.54 Å². The molecule has 0 radical (unpaired) electrons. The SMILES string of the molecule is c1ccn2c(CNC3CCOCC3)nnc2c1. The van der Waals surface area contributed by atoms with Crippen molar-refractivity contribution >= 4 is 5.65 Å². The molecule has 1 N–H and O–H groups in total. The quantitative estimate of drug-likeness (QED) is 0.857. The van der Waals surface area contributed by atoms with Crippen LogP contribution >= 0.6 is 0 Å². The molecule has 3 heterocycles. The summed E-state index contributed by atoms with van der Waals surface area (Å²) >= 11 is 0. The summed E-state index contributed by atoms with van der Waals surface area (Å²) in [6, 6.07) is 6.47. The van der Waals surface area contributed by atoms with Crippen LogP contribution in [0.1, 0.15) is 18.7 Å². The van der Waals surface area contributed by atoms with Gasteiger partial charge >= 0.3 is 0 Å². The van der Waals surface area contributed by atoms with Gasteiger partial charge in [-0.1, -0.05) is 6.07 Å². The summed E-state index contributed by atoms with van der Waals surface area (Å²) in [5, 5.41) is 11.8. The summed E-state index contributed by atoms with van der Waals surface area (Å²) < 4.78 is 7.35. The number of pyridine rings is 1. The normalized spacial score (nSPS) is 17.6. The first kappa shape index (κ1) is 10.7. The molecule has 5 heteroatoms. The average Bonchev–Trinajstić information content (AvgIpc) is 2.81. The molecular weight excluding hydrogens is 216 g/mol. The second-order valence-corrected chi connectivity index (χ2v) is 4.31.